The van der Waals surface area contributed by atoms with Crippen LogP contribution in [0.4, 0.5) is 5.13 Å². The number of para-hydroxylation sites is 1. The molecule has 0 fully saturated rings. The zero-order valence-electron chi connectivity index (χ0n) is 16.8. The number of hydrogen-bond donors (Lipinski definition) is 2. The Labute approximate surface area is 179 Å². The summed E-state index contributed by atoms with van der Waals surface area (Å²) in [4.78, 5) is 27.7. The number of aromatic nitrogens is 1. The Morgan fingerprint density at radius 3 is 2.63 bits per heavy atom. The van der Waals surface area contributed by atoms with Crippen LogP contribution >= 0.6 is 11.3 Å². The van der Waals surface area contributed by atoms with E-state index in [9.17, 15) is 9.59 Å². The zero-order chi connectivity index (χ0) is 21.3. The van der Waals surface area contributed by atoms with Crippen LogP contribution < -0.4 is 15.4 Å². The second-order valence-electron chi connectivity index (χ2n) is 6.53. The van der Waals surface area contributed by atoms with Gasteiger partial charge in [-0.1, -0.05) is 42.5 Å². The van der Waals surface area contributed by atoms with Gasteiger partial charge < -0.3 is 10.1 Å². The molecule has 2 N–H and O–H groups in total. The van der Waals surface area contributed by atoms with Gasteiger partial charge in [-0.05, 0) is 24.1 Å². The van der Waals surface area contributed by atoms with Gasteiger partial charge in [-0.2, -0.15) is 0 Å². The minimum atomic E-state index is -0.255. The molecule has 0 unspecified atom stereocenters. The zero-order valence-corrected chi connectivity index (χ0v) is 17.7. The van der Waals surface area contributed by atoms with Crippen molar-refractivity contribution in [1.82, 2.24) is 10.3 Å². The fourth-order valence-electron chi connectivity index (χ4n) is 2.81. The van der Waals surface area contributed by atoms with Crippen molar-refractivity contribution in [3.05, 3.63) is 71.1 Å². The first kappa shape index (κ1) is 21.3. The molecule has 0 aliphatic rings. The number of hydrogen-bond acceptors (Lipinski definition) is 5. The fourth-order valence-corrected chi connectivity index (χ4v) is 3.53. The average molecular weight is 422 g/mol. The molecule has 0 saturated heterocycles. The Kier molecular flexibility index (Phi) is 7.34. The highest BCUT2D eigenvalue weighted by Gasteiger charge is 2.07. The molecule has 2 aromatic carbocycles. The predicted octanol–water partition coefficient (Wildman–Crippen LogP) is 4.15. The first-order valence-corrected chi connectivity index (χ1v) is 10.3. The molecule has 0 saturated carbocycles. The summed E-state index contributed by atoms with van der Waals surface area (Å²) in [6, 6.07) is 15.5. The Morgan fingerprint density at radius 2 is 1.90 bits per heavy atom. The molecule has 30 heavy (non-hydrogen) atoms. The number of carbonyl (C=O) groups excluding carboxylic acids is 2. The summed E-state index contributed by atoms with van der Waals surface area (Å²) in [6.45, 7) is 2.12. The molecule has 0 bridgehead atoms. The maximum Gasteiger partial charge on any atom is 0.250 e. The predicted molar refractivity (Wildman–Crippen MR) is 121 cm³/mol. The van der Waals surface area contributed by atoms with Gasteiger partial charge in [0.25, 0.3) is 0 Å². The normalized spacial score (nSPS) is 10.7. The van der Waals surface area contributed by atoms with E-state index in [0.29, 0.717) is 17.4 Å². The molecule has 0 radical (unpaired) electrons. The van der Waals surface area contributed by atoms with E-state index in [-0.39, 0.29) is 11.8 Å². The van der Waals surface area contributed by atoms with Crippen molar-refractivity contribution in [2.45, 2.75) is 13.3 Å². The lowest BCUT2D eigenvalue weighted by Crippen LogP contribution is -2.22. The van der Waals surface area contributed by atoms with Crippen LogP contribution in [-0.2, 0) is 16.0 Å². The van der Waals surface area contributed by atoms with Gasteiger partial charge in [0, 0.05) is 36.1 Å². The quantitative estimate of drug-likeness (QED) is 0.536. The summed E-state index contributed by atoms with van der Waals surface area (Å²) in [7, 11) is 1.60. The minimum absolute atomic E-state index is 0.0265. The highest BCUT2D eigenvalue weighted by atomic mass is 32.1. The molecule has 3 aromatic rings. The van der Waals surface area contributed by atoms with E-state index in [1.54, 1.807) is 13.2 Å². The van der Waals surface area contributed by atoms with Crippen LogP contribution in [0.25, 0.3) is 17.3 Å². The summed E-state index contributed by atoms with van der Waals surface area (Å²) >= 11 is 1.37. The average Bonchev–Trinajstić information content (AvgIpc) is 3.21. The highest BCUT2D eigenvalue weighted by Crippen LogP contribution is 2.25. The van der Waals surface area contributed by atoms with Crippen LogP contribution in [0.2, 0.25) is 0 Å². The number of amides is 2. The van der Waals surface area contributed by atoms with Crippen molar-refractivity contribution >= 4 is 34.4 Å². The van der Waals surface area contributed by atoms with Crippen LogP contribution in [0.15, 0.2) is 60.0 Å². The van der Waals surface area contributed by atoms with Gasteiger partial charge in [-0.15, -0.1) is 11.3 Å². The molecule has 6 nitrogen and oxygen atoms in total. The van der Waals surface area contributed by atoms with Crippen LogP contribution in [0, 0.1) is 0 Å². The van der Waals surface area contributed by atoms with Gasteiger partial charge >= 0.3 is 0 Å². The highest BCUT2D eigenvalue weighted by molar-refractivity contribution is 7.14. The van der Waals surface area contributed by atoms with E-state index < -0.39 is 0 Å². The SMILES string of the molecule is COc1ccccc1/C=C/C(=O)Nc1nc(-c2ccc(CCNC(C)=O)cc2)cs1. The lowest BCUT2D eigenvalue weighted by atomic mass is 10.1. The smallest absolute Gasteiger partial charge is 0.250 e. The number of ether oxygens (including phenoxy) is 1. The van der Waals surface area contributed by atoms with Gasteiger partial charge in [-0.3, -0.25) is 14.9 Å². The number of anilines is 1. The first-order chi connectivity index (χ1) is 14.5. The molecule has 2 amide bonds. The molecule has 3 rings (SSSR count). The molecule has 0 aliphatic carbocycles. The van der Waals surface area contributed by atoms with E-state index >= 15 is 0 Å². The fraction of sp³-hybridized carbons (Fsp3) is 0.174. The second-order valence-corrected chi connectivity index (χ2v) is 7.39. The Hall–Kier alpha value is -3.45. The topological polar surface area (TPSA) is 80.3 Å². The lowest BCUT2D eigenvalue weighted by Gasteiger charge is -2.04. The number of nitrogens with one attached hydrogen (secondary N) is 2. The van der Waals surface area contributed by atoms with E-state index in [2.05, 4.69) is 15.6 Å². The van der Waals surface area contributed by atoms with Crippen LogP contribution in [-0.4, -0.2) is 30.5 Å². The van der Waals surface area contributed by atoms with Crippen molar-refractivity contribution < 1.29 is 14.3 Å². The van der Waals surface area contributed by atoms with Crippen molar-refractivity contribution in [2.24, 2.45) is 0 Å². The summed E-state index contributed by atoms with van der Waals surface area (Å²) in [5.41, 5.74) is 3.74. The van der Waals surface area contributed by atoms with Crippen molar-refractivity contribution in [3.63, 3.8) is 0 Å². The molecule has 1 heterocycles. The molecular weight excluding hydrogens is 398 g/mol. The maximum atomic E-state index is 12.2. The van der Waals surface area contributed by atoms with Gasteiger partial charge in [-0.25, -0.2) is 4.98 Å². The third kappa shape index (κ3) is 6.02. The van der Waals surface area contributed by atoms with Crippen molar-refractivity contribution in [2.75, 3.05) is 19.0 Å². The molecule has 1 aromatic heterocycles. The number of benzene rings is 2. The number of nitrogens with zero attached hydrogens (tertiary/aromatic N) is 1. The molecular formula is C23H23N3O3S. The van der Waals surface area contributed by atoms with E-state index in [0.717, 1.165) is 28.8 Å². The van der Waals surface area contributed by atoms with E-state index in [1.807, 2.05) is 53.9 Å². The van der Waals surface area contributed by atoms with Gasteiger partial charge in [0.15, 0.2) is 5.13 Å². The molecule has 0 aliphatic heterocycles. The number of rotatable bonds is 8. The Balaban J connectivity index is 1.58. The van der Waals surface area contributed by atoms with Gasteiger partial charge in [0.2, 0.25) is 11.8 Å². The van der Waals surface area contributed by atoms with Gasteiger partial charge in [0.05, 0.1) is 12.8 Å². The van der Waals surface area contributed by atoms with Crippen LogP contribution in [0.1, 0.15) is 18.1 Å². The monoisotopic (exact) mass is 421 g/mol. The van der Waals surface area contributed by atoms with E-state index in [1.165, 1.54) is 24.3 Å². The second kappa shape index (κ2) is 10.4. The number of methoxy groups -OCH3 is 1. The van der Waals surface area contributed by atoms with Gasteiger partial charge in [0.1, 0.15) is 5.75 Å². The summed E-state index contributed by atoms with van der Waals surface area (Å²) < 4.78 is 5.28. The lowest BCUT2D eigenvalue weighted by molar-refractivity contribution is -0.119. The standard InChI is InChI=1S/C23H23N3O3S/c1-16(27)24-14-13-17-7-9-18(10-8-17)20-15-30-23(25-20)26-22(28)12-11-19-5-3-4-6-21(19)29-2/h3-12,15H,13-14H2,1-2H3,(H,24,27)(H,25,26,28)/b12-11+. The Bertz CT molecular complexity index is 1040. The summed E-state index contributed by atoms with van der Waals surface area (Å²) in [5, 5.41) is 8.02. The molecule has 0 spiro atoms. The molecule has 154 valence electrons. The first-order valence-electron chi connectivity index (χ1n) is 9.46. The maximum absolute atomic E-state index is 12.2. The third-order valence-corrected chi connectivity index (χ3v) is 5.08. The van der Waals surface area contributed by atoms with Crippen LogP contribution in [0.5, 0.6) is 5.75 Å². The summed E-state index contributed by atoms with van der Waals surface area (Å²) in [5.74, 6) is 0.426. The molecule has 0 atom stereocenters. The van der Waals surface area contributed by atoms with E-state index in [4.69, 9.17) is 4.74 Å². The third-order valence-electron chi connectivity index (χ3n) is 4.32. The number of thiazole rings is 1. The van der Waals surface area contributed by atoms with Crippen molar-refractivity contribution in [1.29, 1.82) is 0 Å². The number of carbonyl (C=O) groups is 2. The van der Waals surface area contributed by atoms with Crippen molar-refractivity contribution in [3.8, 4) is 17.0 Å². The van der Waals surface area contributed by atoms with Crippen LogP contribution in [0.3, 0.4) is 0 Å². The summed E-state index contributed by atoms with van der Waals surface area (Å²) in [6.07, 6.45) is 3.95. The minimum Gasteiger partial charge on any atom is -0.496 e. The molecule has 7 heteroatoms. The largest absolute Gasteiger partial charge is 0.496 e. The Morgan fingerprint density at radius 1 is 1.13 bits per heavy atom.